The van der Waals surface area contributed by atoms with Crippen molar-refractivity contribution in [3.8, 4) is 11.5 Å². The van der Waals surface area contributed by atoms with Crippen molar-refractivity contribution in [3.05, 3.63) is 59.7 Å². The summed E-state index contributed by atoms with van der Waals surface area (Å²) in [6.45, 7) is 1.55. The standard InChI is InChI=1S/C15H14O3/c1-11(17)13-4-8-15(9-5-13)18-14-6-2-12(10-16)3-7-14/h2-9,16H,10H2,1H3. The zero-order chi connectivity index (χ0) is 13.0. The molecule has 0 spiro atoms. The fraction of sp³-hybridized carbons (Fsp3) is 0.133. The molecule has 3 heteroatoms. The molecule has 0 bridgehead atoms. The molecule has 92 valence electrons. The topological polar surface area (TPSA) is 46.5 Å². The Labute approximate surface area is 106 Å². The number of aliphatic hydroxyl groups excluding tert-OH is 1. The van der Waals surface area contributed by atoms with Crippen LogP contribution in [-0.2, 0) is 6.61 Å². The van der Waals surface area contributed by atoms with Gasteiger partial charge in [0, 0.05) is 5.56 Å². The van der Waals surface area contributed by atoms with Crippen LogP contribution in [0.25, 0.3) is 0 Å². The summed E-state index contributed by atoms with van der Waals surface area (Å²) in [6.07, 6.45) is 0. The van der Waals surface area contributed by atoms with E-state index in [-0.39, 0.29) is 12.4 Å². The van der Waals surface area contributed by atoms with Crippen LogP contribution in [-0.4, -0.2) is 10.9 Å². The molecule has 0 amide bonds. The van der Waals surface area contributed by atoms with Crippen molar-refractivity contribution >= 4 is 5.78 Å². The van der Waals surface area contributed by atoms with E-state index in [0.29, 0.717) is 17.1 Å². The first-order valence-electron chi connectivity index (χ1n) is 5.67. The molecule has 0 fully saturated rings. The molecular formula is C15H14O3. The van der Waals surface area contributed by atoms with Crippen LogP contribution in [0.2, 0.25) is 0 Å². The van der Waals surface area contributed by atoms with Gasteiger partial charge in [-0.15, -0.1) is 0 Å². The van der Waals surface area contributed by atoms with Gasteiger partial charge in [0.05, 0.1) is 6.61 Å². The second kappa shape index (κ2) is 5.47. The minimum atomic E-state index is 0.0214. The van der Waals surface area contributed by atoms with Gasteiger partial charge in [-0.25, -0.2) is 0 Å². The van der Waals surface area contributed by atoms with Crippen LogP contribution >= 0.6 is 0 Å². The van der Waals surface area contributed by atoms with Gasteiger partial charge in [-0.1, -0.05) is 12.1 Å². The number of ketones is 1. The van der Waals surface area contributed by atoms with Crippen molar-refractivity contribution in [2.75, 3.05) is 0 Å². The number of benzene rings is 2. The molecule has 18 heavy (non-hydrogen) atoms. The van der Waals surface area contributed by atoms with Gasteiger partial charge in [-0.05, 0) is 48.9 Å². The molecule has 0 aliphatic carbocycles. The third-order valence-electron chi connectivity index (χ3n) is 2.60. The lowest BCUT2D eigenvalue weighted by Gasteiger charge is -2.06. The maximum absolute atomic E-state index is 11.1. The lowest BCUT2D eigenvalue weighted by Crippen LogP contribution is -1.91. The number of hydrogen-bond donors (Lipinski definition) is 1. The summed E-state index contributed by atoms with van der Waals surface area (Å²) in [4.78, 5) is 11.1. The van der Waals surface area contributed by atoms with E-state index >= 15 is 0 Å². The summed E-state index contributed by atoms with van der Waals surface area (Å²) in [5, 5.41) is 8.93. The highest BCUT2D eigenvalue weighted by Gasteiger charge is 2.01. The summed E-state index contributed by atoms with van der Waals surface area (Å²) in [6, 6.07) is 14.2. The van der Waals surface area contributed by atoms with E-state index in [2.05, 4.69) is 0 Å². The molecule has 0 saturated heterocycles. The summed E-state index contributed by atoms with van der Waals surface area (Å²) >= 11 is 0. The molecule has 1 N–H and O–H groups in total. The van der Waals surface area contributed by atoms with E-state index in [0.717, 1.165) is 5.56 Å². The summed E-state index contributed by atoms with van der Waals surface area (Å²) in [5.74, 6) is 1.41. The first-order valence-corrected chi connectivity index (χ1v) is 5.67. The van der Waals surface area contributed by atoms with Crippen LogP contribution in [0.5, 0.6) is 11.5 Å². The predicted molar refractivity (Wildman–Crippen MR) is 68.9 cm³/mol. The van der Waals surface area contributed by atoms with Crippen LogP contribution in [0.1, 0.15) is 22.8 Å². The normalized spacial score (nSPS) is 10.1. The second-order valence-electron chi connectivity index (χ2n) is 3.98. The number of hydrogen-bond acceptors (Lipinski definition) is 3. The van der Waals surface area contributed by atoms with Crippen LogP contribution in [0, 0.1) is 0 Å². The maximum atomic E-state index is 11.1. The Balaban J connectivity index is 2.10. The Kier molecular flexibility index (Phi) is 3.75. The lowest BCUT2D eigenvalue weighted by atomic mass is 10.1. The molecule has 0 aromatic heterocycles. The average Bonchev–Trinajstić information content (AvgIpc) is 2.40. The molecule has 0 heterocycles. The van der Waals surface area contributed by atoms with Crippen LogP contribution in [0.15, 0.2) is 48.5 Å². The van der Waals surface area contributed by atoms with Crippen LogP contribution in [0.4, 0.5) is 0 Å². The Morgan fingerprint density at radius 1 is 1.00 bits per heavy atom. The van der Waals surface area contributed by atoms with Gasteiger partial charge < -0.3 is 9.84 Å². The number of carbonyl (C=O) groups excluding carboxylic acids is 1. The van der Waals surface area contributed by atoms with E-state index in [4.69, 9.17) is 9.84 Å². The number of carbonyl (C=O) groups is 1. The highest BCUT2D eigenvalue weighted by molar-refractivity contribution is 5.94. The van der Waals surface area contributed by atoms with E-state index in [9.17, 15) is 4.79 Å². The van der Waals surface area contributed by atoms with Gasteiger partial charge in [0.15, 0.2) is 5.78 Å². The number of aliphatic hydroxyl groups is 1. The van der Waals surface area contributed by atoms with Gasteiger partial charge in [0.2, 0.25) is 0 Å². The molecule has 3 nitrogen and oxygen atoms in total. The van der Waals surface area contributed by atoms with E-state index in [1.807, 2.05) is 0 Å². The minimum Gasteiger partial charge on any atom is -0.457 e. The van der Waals surface area contributed by atoms with E-state index in [1.165, 1.54) is 6.92 Å². The first kappa shape index (κ1) is 12.3. The quantitative estimate of drug-likeness (QED) is 0.837. The van der Waals surface area contributed by atoms with Crippen molar-refractivity contribution in [3.63, 3.8) is 0 Å². The highest BCUT2D eigenvalue weighted by Crippen LogP contribution is 2.22. The predicted octanol–water partition coefficient (Wildman–Crippen LogP) is 3.17. The zero-order valence-corrected chi connectivity index (χ0v) is 10.1. The first-order chi connectivity index (χ1) is 8.69. The van der Waals surface area contributed by atoms with Gasteiger partial charge in [0.1, 0.15) is 11.5 Å². The fourth-order valence-electron chi connectivity index (χ4n) is 1.56. The van der Waals surface area contributed by atoms with Crippen molar-refractivity contribution in [2.24, 2.45) is 0 Å². The van der Waals surface area contributed by atoms with Gasteiger partial charge in [0.25, 0.3) is 0 Å². The smallest absolute Gasteiger partial charge is 0.159 e. The minimum absolute atomic E-state index is 0.0214. The Morgan fingerprint density at radius 2 is 1.50 bits per heavy atom. The summed E-state index contributed by atoms with van der Waals surface area (Å²) < 4.78 is 5.62. The molecule has 2 rings (SSSR count). The Hall–Kier alpha value is -2.13. The van der Waals surface area contributed by atoms with Crippen molar-refractivity contribution in [1.82, 2.24) is 0 Å². The zero-order valence-electron chi connectivity index (χ0n) is 10.1. The van der Waals surface area contributed by atoms with Crippen molar-refractivity contribution in [2.45, 2.75) is 13.5 Å². The van der Waals surface area contributed by atoms with Gasteiger partial charge in [-0.2, -0.15) is 0 Å². The molecule has 2 aromatic rings. The second-order valence-corrected chi connectivity index (χ2v) is 3.98. The van der Waals surface area contributed by atoms with Gasteiger partial charge >= 0.3 is 0 Å². The third-order valence-corrected chi connectivity index (χ3v) is 2.60. The Morgan fingerprint density at radius 3 is 1.94 bits per heavy atom. The largest absolute Gasteiger partial charge is 0.457 e. The molecule has 0 radical (unpaired) electrons. The summed E-state index contributed by atoms with van der Waals surface area (Å²) in [7, 11) is 0. The molecule has 0 unspecified atom stereocenters. The maximum Gasteiger partial charge on any atom is 0.159 e. The van der Waals surface area contributed by atoms with Crippen molar-refractivity contribution in [1.29, 1.82) is 0 Å². The highest BCUT2D eigenvalue weighted by atomic mass is 16.5. The van der Waals surface area contributed by atoms with Crippen LogP contribution < -0.4 is 4.74 Å². The molecule has 2 aromatic carbocycles. The third kappa shape index (κ3) is 2.96. The van der Waals surface area contributed by atoms with Gasteiger partial charge in [-0.3, -0.25) is 4.79 Å². The average molecular weight is 242 g/mol. The molecule has 0 aliphatic rings. The lowest BCUT2D eigenvalue weighted by molar-refractivity contribution is 0.101. The molecule has 0 saturated carbocycles. The molecule has 0 aliphatic heterocycles. The summed E-state index contributed by atoms with van der Waals surface area (Å²) in [5.41, 5.74) is 1.51. The number of ether oxygens (including phenoxy) is 1. The SMILES string of the molecule is CC(=O)c1ccc(Oc2ccc(CO)cc2)cc1. The molecule has 0 atom stereocenters. The number of Topliss-reactive ketones (excluding diaryl/α,β-unsaturated/α-hetero) is 1. The Bertz CT molecular complexity index is 527. The van der Waals surface area contributed by atoms with Crippen LogP contribution in [0.3, 0.4) is 0 Å². The van der Waals surface area contributed by atoms with E-state index < -0.39 is 0 Å². The van der Waals surface area contributed by atoms with Crippen molar-refractivity contribution < 1.29 is 14.6 Å². The fourth-order valence-corrected chi connectivity index (χ4v) is 1.56. The monoisotopic (exact) mass is 242 g/mol. The van der Waals surface area contributed by atoms with E-state index in [1.54, 1.807) is 48.5 Å². The number of rotatable bonds is 4. The molecular weight excluding hydrogens is 228 g/mol.